The van der Waals surface area contributed by atoms with Gasteiger partial charge in [0.15, 0.2) is 5.82 Å². The number of rotatable bonds is 6. The van der Waals surface area contributed by atoms with Gasteiger partial charge >= 0.3 is 0 Å². The quantitative estimate of drug-likeness (QED) is 0.456. The standard InChI is InChI=1S/C23H27N7OS/c1-16-14-17(2)30-23(24-16)26-21(27-30)20(32)22-25-19(18-6-4-3-5-7-18)15-29(22)9-8-28-10-12-31-13-11-28/h3-7,14-15,20,32H,8-13H2,1-2H3. The Kier molecular flexibility index (Phi) is 5.95. The molecule has 1 unspecified atom stereocenters. The van der Waals surface area contributed by atoms with Crippen molar-refractivity contribution in [3.63, 3.8) is 0 Å². The summed E-state index contributed by atoms with van der Waals surface area (Å²) < 4.78 is 9.44. The monoisotopic (exact) mass is 449 g/mol. The molecule has 1 saturated heterocycles. The molecule has 4 aromatic rings. The van der Waals surface area contributed by atoms with Gasteiger partial charge in [0.05, 0.1) is 18.9 Å². The average molecular weight is 450 g/mol. The first-order valence-electron chi connectivity index (χ1n) is 10.9. The molecule has 0 aliphatic carbocycles. The molecule has 8 nitrogen and oxygen atoms in total. The molecule has 0 spiro atoms. The van der Waals surface area contributed by atoms with Crippen LogP contribution >= 0.6 is 12.6 Å². The minimum absolute atomic E-state index is 0.362. The summed E-state index contributed by atoms with van der Waals surface area (Å²) in [6, 6.07) is 12.2. The Bertz CT molecular complexity index is 1210. The molecule has 0 N–H and O–H groups in total. The molecule has 0 saturated carbocycles. The summed E-state index contributed by atoms with van der Waals surface area (Å²) in [6.07, 6.45) is 2.11. The molecule has 1 aliphatic rings. The van der Waals surface area contributed by atoms with Crippen molar-refractivity contribution in [2.45, 2.75) is 25.6 Å². The Morgan fingerprint density at radius 1 is 1.03 bits per heavy atom. The zero-order chi connectivity index (χ0) is 22.1. The van der Waals surface area contributed by atoms with Crippen LogP contribution in [0.1, 0.15) is 28.3 Å². The number of thiol groups is 1. The Hall–Kier alpha value is -2.75. The van der Waals surface area contributed by atoms with Crippen LogP contribution < -0.4 is 0 Å². The molecule has 0 bridgehead atoms. The molecule has 4 heterocycles. The molecule has 5 rings (SSSR count). The molecule has 3 aromatic heterocycles. The summed E-state index contributed by atoms with van der Waals surface area (Å²) in [5.41, 5.74) is 3.92. The van der Waals surface area contributed by atoms with E-state index in [0.717, 1.165) is 67.9 Å². The van der Waals surface area contributed by atoms with E-state index in [0.29, 0.717) is 11.6 Å². The second kappa shape index (κ2) is 9.01. The molecule has 0 amide bonds. The molecular formula is C23H27N7OS. The van der Waals surface area contributed by atoms with Crippen molar-refractivity contribution in [1.82, 2.24) is 34.0 Å². The summed E-state index contributed by atoms with van der Waals surface area (Å²) >= 11 is 4.91. The molecule has 32 heavy (non-hydrogen) atoms. The smallest absolute Gasteiger partial charge is 0.252 e. The van der Waals surface area contributed by atoms with Gasteiger partial charge in [0.1, 0.15) is 11.1 Å². The van der Waals surface area contributed by atoms with Crippen LogP contribution in [0.3, 0.4) is 0 Å². The van der Waals surface area contributed by atoms with Crippen LogP contribution in [-0.4, -0.2) is 66.9 Å². The van der Waals surface area contributed by atoms with Crippen LogP contribution in [-0.2, 0) is 11.3 Å². The number of morpholine rings is 1. The van der Waals surface area contributed by atoms with E-state index in [1.165, 1.54) is 0 Å². The van der Waals surface area contributed by atoms with E-state index in [1.807, 2.05) is 38.1 Å². The Balaban J connectivity index is 1.49. The number of imidazole rings is 1. The van der Waals surface area contributed by atoms with E-state index in [2.05, 4.69) is 42.9 Å². The number of aromatic nitrogens is 6. The number of aryl methyl sites for hydroxylation is 2. The molecule has 1 fully saturated rings. The van der Waals surface area contributed by atoms with Gasteiger partial charge in [-0.2, -0.15) is 17.6 Å². The van der Waals surface area contributed by atoms with Crippen molar-refractivity contribution < 1.29 is 4.74 Å². The maximum atomic E-state index is 5.48. The van der Waals surface area contributed by atoms with Crippen LogP contribution in [0.5, 0.6) is 0 Å². The van der Waals surface area contributed by atoms with E-state index in [4.69, 9.17) is 22.3 Å². The Morgan fingerprint density at radius 3 is 2.59 bits per heavy atom. The minimum Gasteiger partial charge on any atom is -0.379 e. The highest BCUT2D eigenvalue weighted by atomic mass is 32.1. The van der Waals surface area contributed by atoms with Crippen molar-refractivity contribution in [2.75, 3.05) is 32.8 Å². The predicted molar refractivity (Wildman–Crippen MR) is 126 cm³/mol. The van der Waals surface area contributed by atoms with Crippen LogP contribution in [0, 0.1) is 13.8 Å². The summed E-state index contributed by atoms with van der Waals surface area (Å²) in [7, 11) is 0. The van der Waals surface area contributed by atoms with E-state index < -0.39 is 0 Å². The van der Waals surface area contributed by atoms with Gasteiger partial charge in [0, 0.05) is 49.3 Å². The van der Waals surface area contributed by atoms with Gasteiger partial charge in [-0.3, -0.25) is 4.90 Å². The van der Waals surface area contributed by atoms with Gasteiger partial charge in [-0.15, -0.1) is 5.10 Å². The van der Waals surface area contributed by atoms with Crippen molar-refractivity contribution in [1.29, 1.82) is 0 Å². The van der Waals surface area contributed by atoms with Crippen molar-refractivity contribution in [2.24, 2.45) is 0 Å². The maximum absolute atomic E-state index is 5.48. The minimum atomic E-state index is -0.362. The molecule has 1 aliphatic heterocycles. The van der Waals surface area contributed by atoms with Gasteiger partial charge < -0.3 is 9.30 Å². The van der Waals surface area contributed by atoms with E-state index in [1.54, 1.807) is 4.52 Å². The summed E-state index contributed by atoms with van der Waals surface area (Å²) in [5.74, 6) is 2.03. The van der Waals surface area contributed by atoms with Gasteiger partial charge in [-0.1, -0.05) is 30.3 Å². The van der Waals surface area contributed by atoms with Crippen LogP contribution in [0.25, 0.3) is 17.0 Å². The molecule has 0 radical (unpaired) electrons. The fourth-order valence-corrected chi connectivity index (χ4v) is 4.38. The topological polar surface area (TPSA) is 73.4 Å². The van der Waals surface area contributed by atoms with Crippen LogP contribution in [0.2, 0.25) is 0 Å². The summed E-state index contributed by atoms with van der Waals surface area (Å²) in [4.78, 5) is 16.6. The number of fused-ring (bicyclic) bond motifs is 1. The van der Waals surface area contributed by atoms with Crippen LogP contribution in [0.4, 0.5) is 0 Å². The van der Waals surface area contributed by atoms with Gasteiger partial charge in [0.25, 0.3) is 5.78 Å². The molecule has 9 heteroatoms. The zero-order valence-corrected chi connectivity index (χ0v) is 19.2. The lowest BCUT2D eigenvalue weighted by Crippen LogP contribution is -2.38. The summed E-state index contributed by atoms with van der Waals surface area (Å²) in [5, 5.41) is 4.33. The molecular weight excluding hydrogens is 422 g/mol. The van der Waals surface area contributed by atoms with Crippen molar-refractivity contribution in [3.05, 3.63) is 65.6 Å². The average Bonchev–Trinajstić information content (AvgIpc) is 3.43. The summed E-state index contributed by atoms with van der Waals surface area (Å²) in [6.45, 7) is 9.21. The lowest BCUT2D eigenvalue weighted by atomic mass is 10.2. The molecule has 1 atom stereocenters. The highest BCUT2D eigenvalue weighted by molar-refractivity contribution is 7.80. The first-order valence-corrected chi connectivity index (χ1v) is 11.4. The number of ether oxygens (including phenoxy) is 1. The first kappa shape index (κ1) is 21.1. The van der Waals surface area contributed by atoms with Crippen LogP contribution in [0.15, 0.2) is 42.6 Å². The first-order chi connectivity index (χ1) is 15.6. The third-order valence-electron chi connectivity index (χ3n) is 5.76. The normalized spacial score (nSPS) is 16.0. The number of nitrogens with zero attached hydrogens (tertiary/aromatic N) is 7. The van der Waals surface area contributed by atoms with E-state index in [9.17, 15) is 0 Å². The number of benzene rings is 1. The lowest BCUT2D eigenvalue weighted by molar-refractivity contribution is 0.0363. The highest BCUT2D eigenvalue weighted by Gasteiger charge is 2.23. The highest BCUT2D eigenvalue weighted by Crippen LogP contribution is 2.29. The second-order valence-corrected chi connectivity index (χ2v) is 8.64. The predicted octanol–water partition coefficient (Wildman–Crippen LogP) is 2.96. The van der Waals surface area contributed by atoms with E-state index >= 15 is 0 Å². The third-order valence-corrected chi connectivity index (χ3v) is 6.22. The van der Waals surface area contributed by atoms with Crippen molar-refractivity contribution >= 4 is 18.4 Å². The van der Waals surface area contributed by atoms with Gasteiger partial charge in [-0.05, 0) is 19.9 Å². The second-order valence-electron chi connectivity index (χ2n) is 8.12. The number of hydrogen-bond acceptors (Lipinski definition) is 7. The number of hydrogen-bond donors (Lipinski definition) is 1. The molecule has 166 valence electrons. The van der Waals surface area contributed by atoms with E-state index in [-0.39, 0.29) is 5.25 Å². The van der Waals surface area contributed by atoms with Gasteiger partial charge in [-0.25, -0.2) is 14.5 Å². The zero-order valence-electron chi connectivity index (χ0n) is 18.3. The Morgan fingerprint density at radius 2 is 1.81 bits per heavy atom. The third kappa shape index (κ3) is 4.28. The molecule has 1 aromatic carbocycles. The maximum Gasteiger partial charge on any atom is 0.252 e. The fourth-order valence-electron chi connectivity index (χ4n) is 4.06. The SMILES string of the molecule is Cc1cc(C)n2nc(C(S)c3nc(-c4ccccc4)cn3CCN3CCOCC3)nc2n1. The fraction of sp³-hybridized carbons (Fsp3) is 0.391. The van der Waals surface area contributed by atoms with Gasteiger partial charge in [0.2, 0.25) is 0 Å². The Labute approximate surface area is 192 Å². The lowest BCUT2D eigenvalue weighted by Gasteiger charge is -2.26. The largest absolute Gasteiger partial charge is 0.379 e. The van der Waals surface area contributed by atoms with Crippen molar-refractivity contribution in [3.8, 4) is 11.3 Å².